The van der Waals surface area contributed by atoms with E-state index in [0.717, 1.165) is 5.56 Å². The topological polar surface area (TPSA) is 66.0 Å². The maximum Gasteiger partial charge on any atom is 0.257 e. The molecule has 2 rings (SSSR count). The van der Waals surface area contributed by atoms with E-state index < -0.39 is 0 Å². The van der Waals surface area contributed by atoms with Gasteiger partial charge in [-0.2, -0.15) is 4.98 Å². The largest absolute Gasteiger partial charge is 0.493 e. The second-order valence-electron chi connectivity index (χ2n) is 4.09. The van der Waals surface area contributed by atoms with E-state index >= 15 is 0 Å². The molecule has 0 saturated heterocycles. The van der Waals surface area contributed by atoms with E-state index in [4.69, 9.17) is 23.2 Å². The Bertz CT molecular complexity index is 668. The molecular weight excluding hydrogens is 287 g/mol. The van der Waals surface area contributed by atoms with E-state index in [1.165, 1.54) is 0 Å². The Kier molecular flexibility index (Phi) is 4.12. The number of H-pyrrole nitrogens is 1. The molecule has 0 atom stereocenters. The Morgan fingerprint density at radius 3 is 2.63 bits per heavy atom. The lowest BCUT2D eigenvalue weighted by atomic mass is 10.1. The number of nitrogens with zero attached hydrogens (tertiary/aromatic N) is 1. The summed E-state index contributed by atoms with van der Waals surface area (Å²) in [6.07, 6.45) is 0.797. The minimum absolute atomic E-state index is 0.221. The van der Waals surface area contributed by atoms with Gasteiger partial charge in [-0.3, -0.25) is 4.79 Å². The number of hydrogen-bond acceptors (Lipinski definition) is 3. The van der Waals surface area contributed by atoms with Crippen molar-refractivity contribution in [2.45, 2.75) is 19.8 Å². The minimum atomic E-state index is -0.315. The van der Waals surface area contributed by atoms with Gasteiger partial charge in [-0.15, -0.1) is 0 Å². The zero-order valence-corrected chi connectivity index (χ0v) is 11.7. The first-order valence-electron chi connectivity index (χ1n) is 5.76. The van der Waals surface area contributed by atoms with Crippen LogP contribution in [0.1, 0.15) is 23.9 Å². The molecule has 0 saturated carbocycles. The Hall–Kier alpha value is -1.52. The first-order chi connectivity index (χ1) is 9.01. The SMILES string of the molecule is CCc1c(O)nc(Cc2ccc(Cl)c(Cl)c2)[nH]c1=O. The molecule has 0 spiro atoms. The lowest BCUT2D eigenvalue weighted by Crippen LogP contribution is -2.16. The Morgan fingerprint density at radius 1 is 1.32 bits per heavy atom. The van der Waals surface area contributed by atoms with Crippen LogP contribution in [0.15, 0.2) is 23.0 Å². The summed E-state index contributed by atoms with van der Waals surface area (Å²) in [5, 5.41) is 10.6. The number of hydrogen-bond donors (Lipinski definition) is 2. The normalized spacial score (nSPS) is 10.7. The second kappa shape index (κ2) is 5.63. The first kappa shape index (κ1) is 13.9. The first-order valence-corrected chi connectivity index (χ1v) is 6.51. The third-order valence-corrected chi connectivity index (χ3v) is 3.49. The Labute approximate surface area is 120 Å². The van der Waals surface area contributed by atoms with Crippen LogP contribution in [-0.4, -0.2) is 15.1 Å². The highest BCUT2D eigenvalue weighted by Gasteiger charge is 2.09. The third-order valence-electron chi connectivity index (χ3n) is 2.75. The molecule has 19 heavy (non-hydrogen) atoms. The summed E-state index contributed by atoms with van der Waals surface area (Å²) < 4.78 is 0. The van der Waals surface area contributed by atoms with Gasteiger partial charge in [0.05, 0.1) is 15.6 Å². The lowest BCUT2D eigenvalue weighted by Gasteiger charge is -2.05. The summed E-state index contributed by atoms with van der Waals surface area (Å²) in [7, 11) is 0. The molecule has 0 radical (unpaired) electrons. The summed E-state index contributed by atoms with van der Waals surface area (Å²) in [4.78, 5) is 18.3. The zero-order chi connectivity index (χ0) is 14.0. The number of aromatic amines is 1. The number of aromatic nitrogens is 2. The van der Waals surface area contributed by atoms with Crippen LogP contribution in [0.4, 0.5) is 0 Å². The van der Waals surface area contributed by atoms with Gasteiger partial charge in [-0.1, -0.05) is 36.2 Å². The molecule has 4 nitrogen and oxygen atoms in total. The van der Waals surface area contributed by atoms with Crippen molar-refractivity contribution in [3.63, 3.8) is 0 Å². The van der Waals surface area contributed by atoms with Crippen molar-refractivity contribution in [3.05, 3.63) is 55.5 Å². The molecule has 0 aliphatic heterocycles. The number of aromatic hydroxyl groups is 1. The quantitative estimate of drug-likeness (QED) is 0.915. The fourth-order valence-corrected chi connectivity index (χ4v) is 2.10. The van der Waals surface area contributed by atoms with Crippen LogP contribution < -0.4 is 5.56 Å². The molecule has 0 amide bonds. The van der Waals surface area contributed by atoms with Crippen molar-refractivity contribution in [2.24, 2.45) is 0 Å². The molecular formula is C13H12Cl2N2O2. The van der Waals surface area contributed by atoms with Crippen LogP contribution in [0.25, 0.3) is 0 Å². The van der Waals surface area contributed by atoms with Gasteiger partial charge in [0.1, 0.15) is 5.82 Å². The summed E-state index contributed by atoms with van der Waals surface area (Å²) in [6, 6.07) is 5.17. The minimum Gasteiger partial charge on any atom is -0.493 e. The van der Waals surface area contributed by atoms with E-state index in [9.17, 15) is 9.90 Å². The van der Waals surface area contributed by atoms with E-state index in [2.05, 4.69) is 9.97 Å². The predicted molar refractivity (Wildman–Crippen MR) is 75.2 cm³/mol. The highest BCUT2D eigenvalue weighted by Crippen LogP contribution is 2.23. The van der Waals surface area contributed by atoms with Gasteiger partial charge in [-0.25, -0.2) is 0 Å². The summed E-state index contributed by atoms with van der Waals surface area (Å²) in [5.41, 5.74) is 0.823. The molecule has 100 valence electrons. The molecule has 0 aliphatic carbocycles. The van der Waals surface area contributed by atoms with Crippen molar-refractivity contribution in [2.75, 3.05) is 0 Å². The van der Waals surface area contributed by atoms with Crippen LogP contribution in [-0.2, 0) is 12.8 Å². The molecule has 2 N–H and O–H groups in total. The Morgan fingerprint density at radius 2 is 2.05 bits per heavy atom. The van der Waals surface area contributed by atoms with Crippen LogP contribution in [0.2, 0.25) is 10.0 Å². The van der Waals surface area contributed by atoms with Crippen LogP contribution in [0.3, 0.4) is 0 Å². The van der Waals surface area contributed by atoms with E-state index in [1.54, 1.807) is 25.1 Å². The monoisotopic (exact) mass is 298 g/mol. The van der Waals surface area contributed by atoms with E-state index in [-0.39, 0.29) is 17.0 Å². The fraction of sp³-hybridized carbons (Fsp3) is 0.231. The average molecular weight is 299 g/mol. The molecule has 0 fully saturated rings. The lowest BCUT2D eigenvalue weighted by molar-refractivity contribution is 0.440. The zero-order valence-electron chi connectivity index (χ0n) is 10.2. The smallest absolute Gasteiger partial charge is 0.257 e. The summed E-state index contributed by atoms with van der Waals surface area (Å²) in [5.74, 6) is 0.166. The van der Waals surface area contributed by atoms with Crippen molar-refractivity contribution in [1.82, 2.24) is 9.97 Å². The van der Waals surface area contributed by atoms with Crippen molar-refractivity contribution in [3.8, 4) is 5.88 Å². The van der Waals surface area contributed by atoms with Crippen molar-refractivity contribution in [1.29, 1.82) is 0 Å². The average Bonchev–Trinajstić information content (AvgIpc) is 2.33. The van der Waals surface area contributed by atoms with Gasteiger partial charge in [-0.05, 0) is 24.1 Å². The molecule has 1 heterocycles. The van der Waals surface area contributed by atoms with E-state index in [1.807, 2.05) is 0 Å². The van der Waals surface area contributed by atoms with Gasteiger partial charge >= 0.3 is 0 Å². The number of halogens is 2. The van der Waals surface area contributed by atoms with Gasteiger partial charge < -0.3 is 10.1 Å². The van der Waals surface area contributed by atoms with Crippen LogP contribution in [0.5, 0.6) is 5.88 Å². The number of nitrogens with one attached hydrogen (secondary N) is 1. The van der Waals surface area contributed by atoms with Crippen molar-refractivity contribution < 1.29 is 5.11 Å². The predicted octanol–water partition coefficient (Wildman–Crippen LogP) is 2.94. The maximum atomic E-state index is 11.7. The standard InChI is InChI=1S/C13H12Cl2N2O2/c1-2-8-12(18)16-11(17-13(8)19)6-7-3-4-9(14)10(15)5-7/h3-5H,2,6H2,1H3,(H2,16,17,18,19). The molecule has 0 unspecified atom stereocenters. The number of benzene rings is 1. The molecule has 0 bridgehead atoms. The van der Waals surface area contributed by atoms with Crippen LogP contribution >= 0.6 is 23.2 Å². The van der Waals surface area contributed by atoms with Gasteiger partial charge in [0.15, 0.2) is 0 Å². The van der Waals surface area contributed by atoms with Gasteiger partial charge in [0.25, 0.3) is 5.56 Å². The molecule has 2 aromatic rings. The number of rotatable bonds is 3. The fourth-order valence-electron chi connectivity index (χ4n) is 1.78. The van der Waals surface area contributed by atoms with Crippen molar-refractivity contribution >= 4 is 23.2 Å². The summed E-state index contributed by atoms with van der Waals surface area (Å²) >= 11 is 11.7. The highest BCUT2D eigenvalue weighted by molar-refractivity contribution is 6.42. The molecule has 6 heteroatoms. The highest BCUT2D eigenvalue weighted by atomic mass is 35.5. The van der Waals surface area contributed by atoms with E-state index in [0.29, 0.717) is 28.7 Å². The molecule has 1 aromatic heterocycles. The third kappa shape index (κ3) is 3.08. The van der Waals surface area contributed by atoms with Gasteiger partial charge in [0.2, 0.25) is 5.88 Å². The van der Waals surface area contributed by atoms with Gasteiger partial charge in [0, 0.05) is 6.42 Å². The molecule has 1 aromatic carbocycles. The summed E-state index contributed by atoms with van der Waals surface area (Å²) in [6.45, 7) is 1.78. The second-order valence-corrected chi connectivity index (χ2v) is 4.91. The molecule has 0 aliphatic rings. The maximum absolute atomic E-state index is 11.7. The van der Waals surface area contributed by atoms with Crippen LogP contribution in [0, 0.1) is 0 Å². The Balaban J connectivity index is 2.33.